The van der Waals surface area contributed by atoms with E-state index in [0.29, 0.717) is 38.6 Å². The van der Waals surface area contributed by atoms with Gasteiger partial charge in [0.15, 0.2) is 5.82 Å². The van der Waals surface area contributed by atoms with Crippen LogP contribution in [0.5, 0.6) is 0 Å². The number of H-pyrrole nitrogens is 1. The highest BCUT2D eigenvalue weighted by Gasteiger charge is 2.52. The van der Waals surface area contributed by atoms with E-state index < -0.39 is 5.66 Å². The van der Waals surface area contributed by atoms with Crippen LogP contribution in [0.1, 0.15) is 93.2 Å². The van der Waals surface area contributed by atoms with Gasteiger partial charge < -0.3 is 10.2 Å². The molecule has 11 heteroatoms. The number of nitrogens with zero attached hydrogens (tertiary/aromatic N) is 5. The van der Waals surface area contributed by atoms with E-state index in [1.54, 1.807) is 30.3 Å². The molecular formula is C30H35Cl2N7O2. The molecule has 1 aliphatic heterocycles. The molecule has 1 fully saturated rings. The highest BCUT2D eigenvalue weighted by Crippen LogP contribution is 2.50. The third-order valence-corrected chi connectivity index (χ3v) is 9.40. The van der Waals surface area contributed by atoms with Gasteiger partial charge in [-0.15, -0.1) is 10.2 Å². The summed E-state index contributed by atoms with van der Waals surface area (Å²) in [6.45, 7) is 9.10. The number of amides is 2. The number of carbonyl (C=O) groups is 2. The first-order chi connectivity index (χ1) is 19.5. The van der Waals surface area contributed by atoms with Crippen molar-refractivity contribution < 1.29 is 9.59 Å². The Bertz CT molecular complexity index is 1430. The minimum absolute atomic E-state index is 0.133. The van der Waals surface area contributed by atoms with Crippen molar-refractivity contribution in [3.05, 3.63) is 75.0 Å². The number of rotatable bonds is 8. The molecule has 1 saturated carbocycles. The minimum Gasteiger partial charge on any atom is -0.345 e. The van der Waals surface area contributed by atoms with Crippen molar-refractivity contribution >= 4 is 40.7 Å². The van der Waals surface area contributed by atoms with Crippen LogP contribution in [0.15, 0.2) is 47.5 Å². The molecule has 5 rings (SSSR count). The van der Waals surface area contributed by atoms with Gasteiger partial charge >= 0.3 is 0 Å². The topological polar surface area (TPSA) is 116 Å². The minimum atomic E-state index is -0.651. The van der Waals surface area contributed by atoms with Crippen LogP contribution >= 0.6 is 23.2 Å². The summed E-state index contributed by atoms with van der Waals surface area (Å²) in [5.74, 6) is 0.583. The first kappa shape index (κ1) is 29.2. The second-order valence-electron chi connectivity index (χ2n) is 11.7. The molecule has 2 aromatic carbocycles. The van der Waals surface area contributed by atoms with Crippen LogP contribution in [0.3, 0.4) is 0 Å². The van der Waals surface area contributed by atoms with Gasteiger partial charge in [0, 0.05) is 21.2 Å². The molecule has 0 unspecified atom stereocenters. The maximum Gasteiger partial charge on any atom is 0.275 e. The molecule has 9 nitrogen and oxygen atoms in total. The Labute approximate surface area is 250 Å². The van der Waals surface area contributed by atoms with E-state index in [1.165, 1.54) is 0 Å². The molecule has 1 spiro atoms. The fourth-order valence-electron chi connectivity index (χ4n) is 6.11. The number of benzene rings is 2. The summed E-state index contributed by atoms with van der Waals surface area (Å²) < 4.78 is 0. The maximum absolute atomic E-state index is 14.1. The van der Waals surface area contributed by atoms with Crippen molar-refractivity contribution in [3.8, 4) is 0 Å². The lowest BCUT2D eigenvalue weighted by molar-refractivity contribution is -0.133. The molecule has 2 aliphatic rings. The molecule has 2 N–H and O–H groups in total. The lowest BCUT2D eigenvalue weighted by Gasteiger charge is -2.47. The fourth-order valence-corrected chi connectivity index (χ4v) is 6.64. The summed E-state index contributed by atoms with van der Waals surface area (Å²) in [6.07, 6.45) is 4.65. The number of nitrogens with one attached hydrogen (secondary N) is 2. The lowest BCUT2D eigenvalue weighted by Crippen LogP contribution is -2.51. The van der Waals surface area contributed by atoms with Gasteiger partial charge in [0.25, 0.3) is 11.8 Å². The Morgan fingerprint density at radius 1 is 1.15 bits per heavy atom. The Morgan fingerprint density at radius 3 is 2.39 bits per heavy atom. The van der Waals surface area contributed by atoms with E-state index in [2.05, 4.69) is 46.7 Å². The summed E-state index contributed by atoms with van der Waals surface area (Å²) in [5.41, 5.74) is 2.02. The average molecular weight is 597 g/mol. The zero-order chi connectivity index (χ0) is 29.4. The fraction of sp³-hybridized carbons (Fsp3) is 0.467. The third-order valence-electron chi connectivity index (χ3n) is 8.97. The van der Waals surface area contributed by atoms with E-state index in [9.17, 15) is 9.59 Å². The second kappa shape index (κ2) is 11.5. The van der Waals surface area contributed by atoms with Crippen LogP contribution in [-0.4, -0.2) is 48.7 Å². The zero-order valence-corrected chi connectivity index (χ0v) is 25.3. The molecule has 1 aliphatic carbocycles. The number of hydrogen-bond acceptors (Lipinski definition) is 6. The van der Waals surface area contributed by atoms with Gasteiger partial charge in [0.05, 0.1) is 12.6 Å². The van der Waals surface area contributed by atoms with Gasteiger partial charge in [-0.05, 0) is 79.8 Å². The van der Waals surface area contributed by atoms with Crippen LogP contribution in [0, 0.1) is 11.3 Å². The van der Waals surface area contributed by atoms with Crippen molar-refractivity contribution in [2.75, 3.05) is 0 Å². The SMILES string of the molecule is CCC(C)(C)C1CCC2(CC1)N=C(c1cc(Cl)cc(Cl)c1)C(=O)N2[C@H](C)c1ccc(C(=O)NCc2nn[nH]n2)cc1. The molecule has 0 saturated heterocycles. The Kier molecular flexibility index (Phi) is 8.21. The number of aromatic amines is 1. The van der Waals surface area contributed by atoms with Gasteiger partial charge in [-0.3, -0.25) is 14.6 Å². The van der Waals surface area contributed by atoms with Crippen molar-refractivity contribution in [1.82, 2.24) is 30.8 Å². The number of carbonyl (C=O) groups excluding carboxylic acids is 2. The highest BCUT2D eigenvalue weighted by molar-refractivity contribution is 6.47. The van der Waals surface area contributed by atoms with Crippen LogP contribution < -0.4 is 5.32 Å². The number of aromatic nitrogens is 4. The normalized spacial score (nSPS) is 21.7. The Hall–Kier alpha value is -3.30. The van der Waals surface area contributed by atoms with Gasteiger partial charge in [-0.1, -0.05) is 67.7 Å². The van der Waals surface area contributed by atoms with Crippen molar-refractivity contribution in [1.29, 1.82) is 0 Å². The molecule has 1 atom stereocenters. The van der Waals surface area contributed by atoms with E-state index >= 15 is 0 Å². The summed E-state index contributed by atoms with van der Waals surface area (Å²) in [4.78, 5) is 33.9. The standard InChI is InChI=1S/C30H35Cl2N7O2/c1-5-29(3,4)22-10-12-30(13-11-22)34-26(21-14-23(31)16-24(32)15-21)28(41)39(30)18(2)19-6-8-20(9-7-19)27(40)33-17-25-35-37-38-36-25/h6-9,14-16,18,22H,5,10-13,17H2,1-4H3,(H,33,40)(H,35,36,37,38)/t18-,22?,30?/m1/s1. The highest BCUT2D eigenvalue weighted by atomic mass is 35.5. The zero-order valence-electron chi connectivity index (χ0n) is 23.7. The molecule has 2 heterocycles. The molecule has 3 aromatic rings. The molecular weight excluding hydrogens is 561 g/mol. The third kappa shape index (κ3) is 5.88. The van der Waals surface area contributed by atoms with Crippen LogP contribution in [0.2, 0.25) is 10.0 Å². The largest absolute Gasteiger partial charge is 0.345 e. The van der Waals surface area contributed by atoms with Crippen molar-refractivity contribution in [2.24, 2.45) is 16.3 Å². The van der Waals surface area contributed by atoms with E-state index in [-0.39, 0.29) is 29.8 Å². The van der Waals surface area contributed by atoms with Crippen LogP contribution in [0.25, 0.3) is 0 Å². The predicted octanol–water partition coefficient (Wildman–Crippen LogP) is 6.15. The first-order valence-corrected chi connectivity index (χ1v) is 14.8. The van der Waals surface area contributed by atoms with E-state index in [4.69, 9.17) is 28.2 Å². The molecule has 216 valence electrons. The predicted molar refractivity (Wildman–Crippen MR) is 159 cm³/mol. The first-order valence-electron chi connectivity index (χ1n) is 14.0. The lowest BCUT2D eigenvalue weighted by atomic mass is 9.67. The smallest absolute Gasteiger partial charge is 0.275 e. The molecule has 0 bridgehead atoms. The summed E-state index contributed by atoms with van der Waals surface area (Å²) in [6, 6.07) is 12.2. The van der Waals surface area contributed by atoms with E-state index in [1.807, 2.05) is 24.0 Å². The number of aliphatic imine (C=N–C) groups is 1. The number of hydrogen-bond donors (Lipinski definition) is 2. The Morgan fingerprint density at radius 2 is 1.80 bits per heavy atom. The summed E-state index contributed by atoms with van der Waals surface area (Å²) in [5, 5.41) is 17.3. The average Bonchev–Trinajstić information content (AvgIpc) is 3.57. The molecule has 41 heavy (non-hydrogen) atoms. The number of tetrazole rings is 1. The van der Waals surface area contributed by atoms with Gasteiger partial charge in [-0.25, -0.2) is 0 Å². The Balaban J connectivity index is 1.42. The number of halogens is 2. The van der Waals surface area contributed by atoms with Crippen molar-refractivity contribution in [3.63, 3.8) is 0 Å². The molecule has 1 aromatic heterocycles. The summed E-state index contributed by atoms with van der Waals surface area (Å²) in [7, 11) is 0. The summed E-state index contributed by atoms with van der Waals surface area (Å²) >= 11 is 12.6. The van der Waals surface area contributed by atoms with Crippen LogP contribution in [0.4, 0.5) is 0 Å². The quantitative estimate of drug-likeness (QED) is 0.324. The van der Waals surface area contributed by atoms with Gasteiger partial charge in [0.2, 0.25) is 0 Å². The van der Waals surface area contributed by atoms with Crippen molar-refractivity contribution in [2.45, 2.75) is 78.0 Å². The van der Waals surface area contributed by atoms with Crippen LogP contribution in [-0.2, 0) is 11.3 Å². The van der Waals surface area contributed by atoms with E-state index in [0.717, 1.165) is 37.7 Å². The monoisotopic (exact) mass is 595 g/mol. The van der Waals surface area contributed by atoms with Gasteiger partial charge in [0.1, 0.15) is 11.4 Å². The molecule has 2 amide bonds. The van der Waals surface area contributed by atoms with Gasteiger partial charge in [-0.2, -0.15) is 5.21 Å². The second-order valence-corrected chi connectivity index (χ2v) is 12.6. The maximum atomic E-state index is 14.1. The molecule has 0 radical (unpaired) electrons.